The van der Waals surface area contributed by atoms with Gasteiger partial charge in [0.2, 0.25) is 11.8 Å². The summed E-state index contributed by atoms with van der Waals surface area (Å²) in [7, 11) is 1.83. The number of amides is 2. The summed E-state index contributed by atoms with van der Waals surface area (Å²) in [6, 6.07) is 0. The average molecular weight is 383 g/mol. The van der Waals surface area contributed by atoms with Gasteiger partial charge in [0.1, 0.15) is 0 Å². The second-order valence-electron chi connectivity index (χ2n) is 7.90. The minimum Gasteiger partial charge on any atom is -0.379 e. The summed E-state index contributed by atoms with van der Waals surface area (Å²) in [4.78, 5) is 30.8. The van der Waals surface area contributed by atoms with Gasteiger partial charge in [0.15, 0.2) is 0 Å². The van der Waals surface area contributed by atoms with Gasteiger partial charge in [-0.05, 0) is 33.7 Å². The third-order valence-corrected chi connectivity index (χ3v) is 6.02. The van der Waals surface area contributed by atoms with Crippen LogP contribution in [0.25, 0.3) is 0 Å². The zero-order chi connectivity index (χ0) is 19.7. The van der Waals surface area contributed by atoms with Crippen molar-refractivity contribution in [1.82, 2.24) is 20.0 Å². The molecule has 0 aromatic carbocycles. The zero-order valence-corrected chi connectivity index (χ0v) is 17.5. The molecule has 2 rings (SSSR count). The number of rotatable bonds is 9. The molecule has 0 unspecified atom stereocenters. The molecular formula is C20H38N4O3. The predicted octanol–water partition coefficient (Wildman–Crippen LogP) is 0.938. The highest BCUT2D eigenvalue weighted by atomic mass is 16.5. The first-order valence-corrected chi connectivity index (χ1v) is 10.6. The Kier molecular flexibility index (Phi) is 8.99. The van der Waals surface area contributed by atoms with E-state index < -0.39 is 0 Å². The van der Waals surface area contributed by atoms with Crippen LogP contribution in [0.1, 0.15) is 46.0 Å². The van der Waals surface area contributed by atoms with Crippen LogP contribution < -0.4 is 5.32 Å². The number of ether oxygens (including phenoxy) is 1. The molecule has 156 valence electrons. The number of hydrogen-bond acceptors (Lipinski definition) is 5. The molecular weight excluding hydrogens is 344 g/mol. The van der Waals surface area contributed by atoms with E-state index in [9.17, 15) is 9.59 Å². The lowest BCUT2D eigenvalue weighted by molar-refractivity contribution is -0.132. The van der Waals surface area contributed by atoms with Crippen molar-refractivity contribution in [1.29, 1.82) is 0 Å². The van der Waals surface area contributed by atoms with E-state index in [0.29, 0.717) is 19.6 Å². The molecule has 0 bridgehead atoms. The number of morpholine rings is 1. The molecule has 7 nitrogen and oxygen atoms in total. The molecule has 1 heterocycles. The molecule has 7 heteroatoms. The van der Waals surface area contributed by atoms with Gasteiger partial charge in [-0.25, -0.2) is 0 Å². The summed E-state index contributed by atoms with van der Waals surface area (Å²) in [6.45, 7) is 10.1. The van der Waals surface area contributed by atoms with Gasteiger partial charge < -0.3 is 15.0 Å². The highest BCUT2D eigenvalue weighted by molar-refractivity contribution is 5.81. The molecule has 0 radical (unpaired) electrons. The quantitative estimate of drug-likeness (QED) is 0.643. The Morgan fingerprint density at radius 3 is 2.26 bits per heavy atom. The Hall–Kier alpha value is -1.18. The summed E-state index contributed by atoms with van der Waals surface area (Å²) >= 11 is 0. The fourth-order valence-corrected chi connectivity index (χ4v) is 4.38. The van der Waals surface area contributed by atoms with Gasteiger partial charge in [0.05, 0.1) is 26.3 Å². The van der Waals surface area contributed by atoms with Gasteiger partial charge in [-0.3, -0.25) is 19.4 Å². The van der Waals surface area contributed by atoms with Crippen LogP contribution in [-0.2, 0) is 14.3 Å². The minimum absolute atomic E-state index is 0.00283. The maximum absolute atomic E-state index is 12.5. The van der Waals surface area contributed by atoms with Crippen LogP contribution in [0, 0.1) is 0 Å². The lowest BCUT2D eigenvalue weighted by Crippen LogP contribution is -2.60. The SMILES string of the molecule is CCN(CC)C(=O)CN(C)CC(=O)NCC1(N2CCOCC2)CCCCC1. The van der Waals surface area contributed by atoms with Gasteiger partial charge in [0, 0.05) is 38.3 Å². The number of carbonyl (C=O) groups is 2. The first-order valence-electron chi connectivity index (χ1n) is 10.6. The first-order chi connectivity index (χ1) is 13.0. The van der Waals surface area contributed by atoms with E-state index in [1.54, 1.807) is 9.80 Å². The Morgan fingerprint density at radius 2 is 1.67 bits per heavy atom. The normalized spacial score (nSPS) is 20.4. The minimum atomic E-state index is 0.00283. The van der Waals surface area contributed by atoms with Gasteiger partial charge in [-0.2, -0.15) is 0 Å². The van der Waals surface area contributed by atoms with E-state index in [1.807, 2.05) is 20.9 Å². The number of likely N-dealkylation sites (N-methyl/N-ethyl adjacent to an activating group) is 2. The molecule has 1 N–H and O–H groups in total. The van der Waals surface area contributed by atoms with E-state index in [-0.39, 0.29) is 30.4 Å². The van der Waals surface area contributed by atoms with Crippen LogP contribution >= 0.6 is 0 Å². The summed E-state index contributed by atoms with van der Waals surface area (Å²) in [5, 5.41) is 3.16. The number of hydrogen-bond donors (Lipinski definition) is 1. The standard InChI is InChI=1S/C20H38N4O3/c1-4-23(5-2)19(26)16-22(3)15-18(25)21-17-20(9-7-6-8-10-20)24-11-13-27-14-12-24/h4-17H2,1-3H3,(H,21,25). The summed E-state index contributed by atoms with van der Waals surface area (Å²) in [5.74, 6) is 0.0791. The summed E-state index contributed by atoms with van der Waals surface area (Å²) in [5.41, 5.74) is 0.0767. The predicted molar refractivity (Wildman–Crippen MR) is 107 cm³/mol. The molecule has 27 heavy (non-hydrogen) atoms. The van der Waals surface area contributed by atoms with E-state index in [4.69, 9.17) is 4.74 Å². The van der Waals surface area contributed by atoms with E-state index >= 15 is 0 Å². The van der Waals surface area contributed by atoms with Crippen molar-refractivity contribution in [2.45, 2.75) is 51.5 Å². The molecule has 1 aliphatic carbocycles. The molecule has 1 aliphatic heterocycles. The van der Waals surface area contributed by atoms with Crippen LogP contribution in [0.4, 0.5) is 0 Å². The summed E-state index contributed by atoms with van der Waals surface area (Å²) < 4.78 is 5.52. The molecule has 2 fully saturated rings. The number of nitrogens with zero attached hydrogens (tertiary/aromatic N) is 3. The lowest BCUT2D eigenvalue weighted by Gasteiger charge is -2.48. The van der Waals surface area contributed by atoms with Crippen molar-refractivity contribution in [3.05, 3.63) is 0 Å². The van der Waals surface area contributed by atoms with E-state index in [1.165, 1.54) is 19.3 Å². The second-order valence-corrected chi connectivity index (χ2v) is 7.90. The molecule has 0 aromatic heterocycles. The van der Waals surface area contributed by atoms with Crippen molar-refractivity contribution < 1.29 is 14.3 Å². The second kappa shape index (κ2) is 11.0. The van der Waals surface area contributed by atoms with Gasteiger partial charge in [-0.15, -0.1) is 0 Å². The van der Waals surface area contributed by atoms with Crippen LogP contribution in [0.5, 0.6) is 0 Å². The smallest absolute Gasteiger partial charge is 0.236 e. The monoisotopic (exact) mass is 382 g/mol. The zero-order valence-electron chi connectivity index (χ0n) is 17.5. The number of carbonyl (C=O) groups excluding carboxylic acids is 2. The Bertz CT molecular complexity index is 470. The van der Waals surface area contributed by atoms with Crippen molar-refractivity contribution in [2.24, 2.45) is 0 Å². The maximum Gasteiger partial charge on any atom is 0.236 e. The van der Waals surface area contributed by atoms with Gasteiger partial charge >= 0.3 is 0 Å². The van der Waals surface area contributed by atoms with Gasteiger partial charge in [0.25, 0.3) is 0 Å². The maximum atomic E-state index is 12.5. The van der Waals surface area contributed by atoms with Crippen LogP contribution in [0.3, 0.4) is 0 Å². The van der Waals surface area contributed by atoms with Crippen molar-refractivity contribution in [3.8, 4) is 0 Å². The van der Waals surface area contributed by atoms with Crippen LogP contribution in [0.2, 0.25) is 0 Å². The fourth-order valence-electron chi connectivity index (χ4n) is 4.38. The summed E-state index contributed by atoms with van der Waals surface area (Å²) in [6.07, 6.45) is 6.03. The van der Waals surface area contributed by atoms with Crippen molar-refractivity contribution in [2.75, 3.05) is 66.1 Å². The largest absolute Gasteiger partial charge is 0.379 e. The fraction of sp³-hybridized carbons (Fsp3) is 0.900. The topological polar surface area (TPSA) is 65.1 Å². The molecule has 0 aromatic rings. The Labute approximate surface area is 164 Å². The van der Waals surface area contributed by atoms with Crippen LogP contribution in [0.15, 0.2) is 0 Å². The first kappa shape index (κ1) is 22.1. The molecule has 0 atom stereocenters. The molecule has 2 aliphatic rings. The van der Waals surface area contributed by atoms with E-state index in [2.05, 4.69) is 10.2 Å². The van der Waals surface area contributed by atoms with Crippen molar-refractivity contribution in [3.63, 3.8) is 0 Å². The molecule has 1 saturated heterocycles. The molecule has 1 saturated carbocycles. The molecule has 2 amide bonds. The number of nitrogens with one attached hydrogen (secondary N) is 1. The highest BCUT2D eigenvalue weighted by Crippen LogP contribution is 2.33. The van der Waals surface area contributed by atoms with Crippen molar-refractivity contribution >= 4 is 11.8 Å². The Morgan fingerprint density at radius 1 is 1.04 bits per heavy atom. The highest BCUT2D eigenvalue weighted by Gasteiger charge is 2.38. The van der Waals surface area contributed by atoms with Crippen LogP contribution in [-0.4, -0.2) is 98.1 Å². The van der Waals surface area contributed by atoms with Gasteiger partial charge in [-0.1, -0.05) is 19.3 Å². The average Bonchev–Trinajstić information content (AvgIpc) is 2.68. The third kappa shape index (κ3) is 6.43. The Balaban J connectivity index is 1.83. The third-order valence-electron chi connectivity index (χ3n) is 6.02. The van der Waals surface area contributed by atoms with E-state index in [0.717, 1.165) is 39.1 Å². The lowest BCUT2D eigenvalue weighted by atomic mass is 9.79. The molecule has 0 spiro atoms.